The molecular formula is C40H130. The highest BCUT2D eigenvalue weighted by Gasteiger charge is 0.968. The van der Waals surface area contributed by atoms with E-state index >= 15 is 0 Å². The van der Waals surface area contributed by atoms with Crippen LogP contribution in [0.4, 0.5) is 0 Å². The van der Waals surface area contributed by atoms with Crippen molar-refractivity contribution in [1.29, 1.82) is 0 Å². The van der Waals surface area contributed by atoms with Gasteiger partial charge < -0.3 is 0 Å². The van der Waals surface area contributed by atoms with Crippen LogP contribution in [0.25, 0.3) is 0 Å². The zero-order chi connectivity index (χ0) is 38.0. The number of hydrogen-bond acceptors (Lipinski definition) is 0. The van der Waals surface area contributed by atoms with E-state index in [2.05, 4.69) is 0 Å². The minimum Gasteiger partial charge on any atom is -0.0776 e. The molecule has 0 rings (SSSR count). The van der Waals surface area contributed by atoms with Crippen LogP contribution in [0.2, 0.25) is 0 Å². The molecule has 0 aromatic carbocycles. The third kappa shape index (κ3) is 0. The van der Waals surface area contributed by atoms with E-state index in [9.17, 15) is 0 Å². The average Bonchev–Trinajstić information content (AvgIpc) is 3.17. The molecule has 0 aromatic rings. The Bertz CT molecular complexity index is 19.3. The molecule has 0 saturated carbocycles. The molecular weight excluding hydrogens is 480 g/mol. The second kappa shape index (κ2) is 0. The lowest BCUT2D eigenvalue weighted by atomic mass is 11.0. The molecule has 0 fully saturated rings. The Morgan fingerprint density at radius 2 is 0.100 bits per heavy atom. The topological polar surface area (TPSA) is 0 Å². The summed E-state index contributed by atoms with van der Waals surface area (Å²) in [4.78, 5) is 0. The highest BCUT2D eigenvalue weighted by molar-refractivity contribution is 3.54. The van der Waals surface area contributed by atoms with Crippen molar-refractivity contribution < 1.29 is 5.71 Å². The molecule has 290 valence electrons. The monoisotopic (exact) mass is 619 g/mol. The van der Waals surface area contributed by atoms with Crippen LogP contribution in [0, 0.1) is 0 Å². The lowest BCUT2D eigenvalue weighted by molar-refractivity contribution is 1.50. The van der Waals surface area contributed by atoms with Crippen molar-refractivity contribution in [2.45, 2.75) is 278 Å². The molecule has 0 aliphatic carbocycles. The molecule has 0 heteroatoms. The fourth-order valence-corrected chi connectivity index (χ4v) is 0. The van der Waals surface area contributed by atoms with Crippen molar-refractivity contribution in [3.63, 3.8) is 0 Å². The maximum absolute atomic E-state index is 2.00. The molecule has 0 amide bonds. The first-order valence-electron chi connectivity index (χ1n) is 19.0. The zero-order valence-corrected chi connectivity index (χ0v) is 38.0. The highest BCUT2D eigenvalue weighted by Crippen LogP contribution is 1.18. The fourth-order valence-electron chi connectivity index (χ4n) is 0. The van der Waals surface area contributed by atoms with Crippen molar-refractivity contribution in [1.82, 2.24) is 0 Å². The maximum atomic E-state index is 2.00. The normalized spacial score (nSPS) is 2.85. The van der Waals surface area contributed by atoms with Gasteiger partial charge in [-0.05, 0) is 0 Å². The van der Waals surface area contributed by atoms with Gasteiger partial charge >= 0.3 is 0 Å². The second-order valence-electron chi connectivity index (χ2n) is 0. The molecule has 0 heterocycles. The second-order valence-corrected chi connectivity index (χ2v) is 0. The van der Waals surface area contributed by atoms with Crippen molar-refractivity contribution in [3.05, 3.63) is 0 Å². The van der Waals surface area contributed by atoms with E-state index < -0.39 is 0 Å². The van der Waals surface area contributed by atoms with E-state index in [1.807, 2.05) is 263 Å². The van der Waals surface area contributed by atoms with Gasteiger partial charge in [0.2, 0.25) is 0 Å². The summed E-state index contributed by atoms with van der Waals surface area (Å²) in [6.07, 6.45) is 0. The fraction of sp³-hybridized carbons (Fsp3) is 1.00. The van der Waals surface area contributed by atoms with Gasteiger partial charge in [0.15, 0.2) is 0 Å². The molecule has 0 N–H and O–H groups in total. The Morgan fingerprint density at radius 3 is 0.100 bits per heavy atom. The summed E-state index contributed by atoms with van der Waals surface area (Å²) in [6, 6.07) is 0. The quantitative estimate of drug-likeness (QED) is 0.253. The van der Waals surface area contributed by atoms with Gasteiger partial charge in [-0.3, -0.25) is 0 Å². The third-order valence-electron chi connectivity index (χ3n) is 0. The van der Waals surface area contributed by atoms with Gasteiger partial charge in [0, 0.05) is 5.71 Å². The molecule has 0 spiro atoms. The summed E-state index contributed by atoms with van der Waals surface area (Å²) in [7, 11) is 0. The Morgan fingerprint density at radius 1 is 0.100 bits per heavy atom. The minimum absolute atomic E-state index is 0. The minimum atomic E-state index is 0. The maximum Gasteiger partial charge on any atom is 0 e. The molecule has 0 saturated heterocycles. The predicted molar refractivity (Wildman–Crippen MR) is 238 cm³/mol. The molecule has 0 radical (unpaired) electrons. The molecule has 40 heavy (non-hydrogen) atoms. The molecule has 0 aromatic heterocycles. The number of hydrogen-bond donors (Lipinski definition) is 0. The van der Waals surface area contributed by atoms with Crippen LogP contribution in [-0.2, 0) is 0 Å². The van der Waals surface area contributed by atoms with Gasteiger partial charge in [0.25, 0.3) is 0 Å². The molecule has 0 unspecified atom stereocenters. The Hall–Kier alpha value is 0. The summed E-state index contributed by atoms with van der Waals surface area (Å²) >= 11 is 0. The van der Waals surface area contributed by atoms with Crippen molar-refractivity contribution in [3.8, 4) is 0 Å². The van der Waals surface area contributed by atoms with Crippen molar-refractivity contribution in [2.75, 3.05) is 0 Å². The van der Waals surface area contributed by atoms with Gasteiger partial charge in [0.05, 0.1) is 0 Å². The van der Waals surface area contributed by atoms with Gasteiger partial charge in [-0.1, -0.05) is 278 Å². The van der Waals surface area contributed by atoms with Crippen LogP contribution >= 0.6 is 0 Å². The van der Waals surface area contributed by atoms with Crippen LogP contribution in [0.5, 0.6) is 0 Å². The molecule has 0 aliphatic rings. The lowest BCUT2D eigenvalue weighted by Gasteiger charge is -1.07. The van der Waals surface area contributed by atoms with Crippen LogP contribution in [-0.4, -0.2) is 0 Å². The van der Waals surface area contributed by atoms with Gasteiger partial charge in [-0.15, -0.1) is 0 Å². The van der Waals surface area contributed by atoms with Gasteiger partial charge in [-0.25, -0.2) is 0 Å². The average molecular weight is 620 g/mol. The first-order chi connectivity index (χ1) is 19.0. The molecule has 0 atom stereocenters. The summed E-state index contributed by atoms with van der Waals surface area (Å²) < 4.78 is 0. The third-order valence-corrected chi connectivity index (χ3v) is 0. The summed E-state index contributed by atoms with van der Waals surface area (Å²) in [6.45, 7) is 76.0. The van der Waals surface area contributed by atoms with Gasteiger partial charge in [-0.2, -0.15) is 0 Å². The van der Waals surface area contributed by atoms with E-state index in [1.54, 1.807) is 0 Å². The summed E-state index contributed by atoms with van der Waals surface area (Å²) in [5, 5.41) is 0. The van der Waals surface area contributed by atoms with Gasteiger partial charge in [0.1, 0.15) is 0 Å². The van der Waals surface area contributed by atoms with Crippen LogP contribution in [0.3, 0.4) is 0 Å². The summed E-state index contributed by atoms with van der Waals surface area (Å²) in [5.41, 5.74) is 0. The first kappa shape index (κ1) is 169. The smallest absolute Gasteiger partial charge is 0 e. The van der Waals surface area contributed by atoms with E-state index in [0.717, 1.165) is 0 Å². The molecule has 0 aliphatic heterocycles. The van der Waals surface area contributed by atoms with Crippen molar-refractivity contribution >= 4 is 0 Å². The molecule has 0 bridgehead atoms. The molecule has 0 nitrogen and oxygen atoms in total. The Labute approximate surface area is 283 Å². The summed E-state index contributed by atoms with van der Waals surface area (Å²) in [5.74, 6) is 0. The van der Waals surface area contributed by atoms with Crippen LogP contribution < -0.4 is 0 Å². The van der Waals surface area contributed by atoms with E-state index in [1.165, 1.54) is 0 Å². The van der Waals surface area contributed by atoms with Crippen LogP contribution in [0.1, 0.15) is 284 Å². The highest BCUT2D eigenvalue weighted by atomic mass is 13.0. The zero-order valence-electron chi connectivity index (χ0n) is 38.0. The predicted octanol–water partition coefficient (Wildman–Crippen LogP) is 21.8. The Kier molecular flexibility index (Phi) is 0. The standard InChI is InChI=1S/19C2H6.2CH4.4H2/c19*1-2;;;;;;/h19*1-2H3;2*1H4;4*1H/i;;;;;;;;;;;;;;;;;;;;;4*1+2. The van der Waals surface area contributed by atoms with E-state index in [-0.39, 0.29) is 20.6 Å². The van der Waals surface area contributed by atoms with Crippen LogP contribution in [0.15, 0.2) is 0 Å². The number of rotatable bonds is 0. The SMILES string of the molecule is C.C.CC.CC.CC.CC.CC.CC.CC.CC.CC.CC.CC.CC.CC.CC.CC.CC.CC.CC.CC.[3HH].[3HH].[3HH].[3HH]. The van der Waals surface area contributed by atoms with E-state index in [4.69, 9.17) is 0 Å². The lowest BCUT2D eigenvalue weighted by Crippen LogP contribution is -0.856. The van der Waals surface area contributed by atoms with Crippen molar-refractivity contribution in [2.24, 2.45) is 0 Å². The largest absolute Gasteiger partial charge is 0.0776 e. The van der Waals surface area contributed by atoms with E-state index in [0.29, 0.717) is 0 Å². The Balaban J connectivity index is -0.00000000374. The first-order valence-corrected chi connectivity index (χ1v) is 19.0.